The van der Waals surface area contributed by atoms with E-state index in [9.17, 15) is 8.78 Å². The molecule has 0 bridgehead atoms. The van der Waals surface area contributed by atoms with Gasteiger partial charge in [0, 0.05) is 0 Å². The average molecular weight is 197 g/mol. The van der Waals surface area contributed by atoms with Crippen LogP contribution >= 0.6 is 46.7 Å². The minimum absolute atomic E-state index is 0.248. The topological polar surface area (TPSA) is 0 Å². The molecule has 0 N–H and O–H groups in total. The van der Waals surface area contributed by atoms with Gasteiger partial charge in [-0.2, -0.15) is 0 Å². The third-order valence-electron chi connectivity index (χ3n) is 0.475. The van der Waals surface area contributed by atoms with Crippen molar-refractivity contribution in [2.45, 2.75) is 7.58 Å². The summed E-state index contributed by atoms with van der Waals surface area (Å²) in [5.41, 5.74) is 0. The Morgan fingerprint density at radius 1 is 1.00 bits per heavy atom. The lowest BCUT2D eigenvalue weighted by Crippen LogP contribution is -2.28. The van der Waals surface area contributed by atoms with Crippen molar-refractivity contribution in [3.8, 4) is 0 Å². The van der Waals surface area contributed by atoms with E-state index in [1.807, 2.05) is 0 Å². The summed E-state index contributed by atoms with van der Waals surface area (Å²) in [6.07, 6.45) is 0. The monoisotopic (exact) mass is 196 g/mol. The highest BCUT2D eigenvalue weighted by atomic mass is 35.5. The van der Waals surface area contributed by atoms with Crippen molar-refractivity contribution in [1.82, 2.24) is 0 Å². The molecular weight excluding hydrogens is 197 g/mol. The molecule has 0 amide bonds. The molecule has 8 heavy (non-hydrogen) atoms. The van der Waals surface area contributed by atoms with Gasteiger partial charge in [0.1, 0.15) is 0 Å². The Morgan fingerprint density at radius 3 is 1.25 bits per heavy atom. The molecule has 0 spiro atoms. The average Bonchev–Trinajstić information content (AvgIpc) is 1.20. The molecule has 0 nitrogen and oxygen atoms in total. The zero-order chi connectivity index (χ0) is 6.41. The van der Waals surface area contributed by atoms with Gasteiger partial charge < -0.3 is 0 Å². The lowest BCUT2D eigenvalue weighted by molar-refractivity contribution is 0.456. The highest BCUT2D eigenvalue weighted by molar-refractivity contribution is 8.38. The molecule has 1 heterocycles. The summed E-state index contributed by atoms with van der Waals surface area (Å²) in [7, 11) is 0. The van der Waals surface area contributed by atoms with Crippen molar-refractivity contribution in [3.05, 3.63) is 0 Å². The smallest absolute Gasteiger partial charge is 0.201 e. The second kappa shape index (κ2) is 1.81. The van der Waals surface area contributed by atoms with Crippen LogP contribution in [-0.4, -0.2) is 7.58 Å². The second-order valence-electron chi connectivity index (χ2n) is 1.13. The van der Waals surface area contributed by atoms with Crippen molar-refractivity contribution in [1.29, 1.82) is 0 Å². The van der Waals surface area contributed by atoms with Crippen LogP contribution in [0.5, 0.6) is 0 Å². The van der Waals surface area contributed by atoms with E-state index in [1.165, 1.54) is 0 Å². The first-order valence-corrected chi connectivity index (χ1v) is 3.96. The molecule has 0 aliphatic carbocycles. The highest BCUT2D eigenvalue weighted by Gasteiger charge is 2.57. The van der Waals surface area contributed by atoms with E-state index in [4.69, 9.17) is 23.2 Å². The first-order valence-electron chi connectivity index (χ1n) is 1.57. The minimum Gasteiger partial charge on any atom is -0.201 e. The van der Waals surface area contributed by atoms with Crippen LogP contribution in [0.4, 0.5) is 8.78 Å². The third kappa shape index (κ3) is 1.56. The maximum absolute atomic E-state index is 12.1. The zero-order valence-corrected chi connectivity index (χ0v) is 6.47. The van der Waals surface area contributed by atoms with Crippen molar-refractivity contribution in [2.24, 2.45) is 0 Å². The first kappa shape index (κ1) is 7.25. The standard InChI is InChI=1S/C2Cl2F2S2/c3-1(5)7-2(4,6)8-1. The summed E-state index contributed by atoms with van der Waals surface area (Å²) in [6.45, 7) is 0. The van der Waals surface area contributed by atoms with E-state index in [1.54, 1.807) is 0 Å². The van der Waals surface area contributed by atoms with Crippen molar-refractivity contribution in [2.75, 3.05) is 0 Å². The Balaban J connectivity index is 2.42. The van der Waals surface area contributed by atoms with E-state index in [0.717, 1.165) is 0 Å². The van der Waals surface area contributed by atoms with Crippen molar-refractivity contribution < 1.29 is 8.78 Å². The van der Waals surface area contributed by atoms with Crippen LogP contribution in [0.2, 0.25) is 0 Å². The van der Waals surface area contributed by atoms with Gasteiger partial charge in [-0.25, -0.2) is 8.78 Å². The zero-order valence-electron chi connectivity index (χ0n) is 3.33. The maximum atomic E-state index is 12.1. The fraction of sp³-hybridized carbons (Fsp3) is 1.00. The lowest BCUT2D eigenvalue weighted by Gasteiger charge is -2.34. The Labute approximate surface area is 63.3 Å². The van der Waals surface area contributed by atoms with Crippen molar-refractivity contribution in [3.63, 3.8) is 0 Å². The highest BCUT2D eigenvalue weighted by Crippen LogP contribution is 2.70. The minimum atomic E-state index is -2.05. The fourth-order valence-corrected chi connectivity index (χ4v) is 4.04. The van der Waals surface area contributed by atoms with Gasteiger partial charge in [-0.05, 0) is 23.5 Å². The molecule has 0 aromatic heterocycles. The molecule has 1 rings (SSSR count). The molecule has 0 saturated carbocycles. The molecule has 0 aromatic rings. The maximum Gasteiger partial charge on any atom is 0.286 e. The molecule has 0 atom stereocenters. The summed E-state index contributed by atoms with van der Waals surface area (Å²) in [5.74, 6) is 0. The number of halogens is 4. The van der Waals surface area contributed by atoms with Crippen LogP contribution in [-0.2, 0) is 0 Å². The normalized spacial score (nSPS) is 55.5. The number of hydrogen-bond acceptors (Lipinski definition) is 2. The van der Waals surface area contributed by atoms with Gasteiger partial charge in [0.2, 0.25) is 0 Å². The Hall–Kier alpha value is 1.14. The second-order valence-corrected chi connectivity index (χ2v) is 6.24. The first-order chi connectivity index (χ1) is 3.41. The molecule has 1 aliphatic heterocycles. The molecule has 1 aliphatic rings. The molecule has 0 unspecified atom stereocenters. The summed E-state index contributed by atoms with van der Waals surface area (Å²) in [6, 6.07) is 0. The van der Waals surface area contributed by atoms with Crippen LogP contribution < -0.4 is 0 Å². The number of rotatable bonds is 0. The van der Waals surface area contributed by atoms with E-state index in [0.29, 0.717) is 0 Å². The molecule has 0 radical (unpaired) electrons. The van der Waals surface area contributed by atoms with E-state index < -0.39 is 7.58 Å². The molecular formula is C2Cl2F2S2. The van der Waals surface area contributed by atoms with Crippen LogP contribution in [0.25, 0.3) is 0 Å². The molecule has 1 fully saturated rings. The van der Waals surface area contributed by atoms with Crippen LogP contribution in [0, 0.1) is 0 Å². The third-order valence-corrected chi connectivity index (χ3v) is 3.35. The summed E-state index contributed by atoms with van der Waals surface area (Å²) >= 11 is 10.3. The molecule has 6 heteroatoms. The molecule has 0 aromatic carbocycles. The van der Waals surface area contributed by atoms with Gasteiger partial charge in [-0.15, -0.1) is 0 Å². The summed E-state index contributed by atoms with van der Waals surface area (Å²) < 4.78 is 20.0. The predicted octanol–water partition coefficient (Wildman–Crippen LogP) is 3.11. The van der Waals surface area contributed by atoms with Gasteiger partial charge in [0.15, 0.2) is 0 Å². The van der Waals surface area contributed by atoms with E-state index in [2.05, 4.69) is 0 Å². The summed E-state index contributed by atoms with van der Waals surface area (Å²) in [5, 5.41) is 0. The van der Waals surface area contributed by atoms with Crippen LogP contribution in [0.15, 0.2) is 0 Å². The molecule has 1 saturated heterocycles. The van der Waals surface area contributed by atoms with Gasteiger partial charge in [-0.3, -0.25) is 0 Å². The predicted molar refractivity (Wildman–Crippen MR) is 34.6 cm³/mol. The van der Waals surface area contributed by atoms with E-state index >= 15 is 0 Å². The number of alkyl halides is 4. The van der Waals surface area contributed by atoms with Crippen LogP contribution in [0.3, 0.4) is 0 Å². The Bertz CT molecular complexity index is 92.6. The van der Waals surface area contributed by atoms with Gasteiger partial charge >= 0.3 is 0 Å². The lowest BCUT2D eigenvalue weighted by atomic mass is 11.6. The SMILES string of the molecule is FC1(Cl)SC(F)(Cl)S1. The summed E-state index contributed by atoms with van der Waals surface area (Å²) in [4.78, 5) is 0. The number of hydrogen-bond donors (Lipinski definition) is 0. The van der Waals surface area contributed by atoms with Gasteiger partial charge in [0.05, 0.1) is 0 Å². The van der Waals surface area contributed by atoms with Crippen LogP contribution in [0.1, 0.15) is 0 Å². The number of thioether (sulfide) groups is 2. The largest absolute Gasteiger partial charge is 0.286 e. The van der Waals surface area contributed by atoms with E-state index in [-0.39, 0.29) is 23.5 Å². The van der Waals surface area contributed by atoms with Gasteiger partial charge in [-0.1, -0.05) is 23.2 Å². The van der Waals surface area contributed by atoms with Gasteiger partial charge in [0.25, 0.3) is 7.58 Å². The Kier molecular flexibility index (Phi) is 1.64. The Morgan fingerprint density at radius 2 is 1.25 bits per heavy atom. The van der Waals surface area contributed by atoms with Crippen molar-refractivity contribution >= 4 is 46.7 Å². The fourth-order valence-electron chi connectivity index (χ4n) is 0.284. The quantitative estimate of drug-likeness (QED) is 0.547. The molecule has 48 valence electrons.